The van der Waals surface area contributed by atoms with E-state index in [1.54, 1.807) is 26.0 Å². The van der Waals surface area contributed by atoms with Crippen molar-refractivity contribution in [2.24, 2.45) is 4.99 Å². The lowest BCUT2D eigenvalue weighted by Gasteiger charge is -2.13. The van der Waals surface area contributed by atoms with Gasteiger partial charge in [-0.2, -0.15) is 0 Å². The maximum atomic E-state index is 12.0. The Morgan fingerprint density at radius 1 is 1.25 bits per heavy atom. The van der Waals surface area contributed by atoms with Gasteiger partial charge in [0.05, 0.1) is 0 Å². The van der Waals surface area contributed by atoms with Gasteiger partial charge in [-0.25, -0.2) is 0 Å². The summed E-state index contributed by atoms with van der Waals surface area (Å²) in [6.07, 6.45) is 1.78. The highest BCUT2D eigenvalue weighted by molar-refractivity contribution is 5.94. The first-order valence-electron chi connectivity index (χ1n) is 8.41. The van der Waals surface area contributed by atoms with Gasteiger partial charge in [0.1, 0.15) is 0 Å². The van der Waals surface area contributed by atoms with Crippen molar-refractivity contribution in [3.05, 3.63) is 35.4 Å². The molecular weight excluding hydrogens is 304 g/mol. The maximum Gasteiger partial charge on any atom is 0.253 e. The fraction of sp³-hybridized carbons (Fsp3) is 0.556. The van der Waals surface area contributed by atoms with Crippen LogP contribution in [-0.4, -0.2) is 64.2 Å². The Kier molecular flexibility index (Phi) is 9.53. The lowest BCUT2D eigenvalue weighted by Crippen LogP contribution is -2.39. The zero-order valence-corrected chi connectivity index (χ0v) is 15.3. The molecule has 0 bridgehead atoms. The van der Waals surface area contributed by atoms with E-state index in [0.29, 0.717) is 0 Å². The van der Waals surface area contributed by atoms with Crippen molar-refractivity contribution in [2.75, 3.05) is 47.4 Å². The molecule has 0 radical (unpaired) electrons. The van der Waals surface area contributed by atoms with Gasteiger partial charge in [0.2, 0.25) is 0 Å². The van der Waals surface area contributed by atoms with E-state index in [-0.39, 0.29) is 5.91 Å². The van der Waals surface area contributed by atoms with Crippen molar-refractivity contribution in [2.45, 2.75) is 19.8 Å². The number of carbonyl (C=O) groups is 1. The standard InChI is InChI=1S/C18H30N4O2/c1-5-24-13-7-11-20-18(19-2)21-12-10-15-8-6-9-16(14-15)17(23)22(3)4/h6,8-9,14H,5,7,10-13H2,1-4H3,(H2,19,20,21). The average Bonchev–Trinajstić information content (AvgIpc) is 2.59. The lowest BCUT2D eigenvalue weighted by molar-refractivity contribution is 0.0827. The highest BCUT2D eigenvalue weighted by Crippen LogP contribution is 2.07. The van der Waals surface area contributed by atoms with E-state index in [9.17, 15) is 4.79 Å². The number of aliphatic imine (C=N–C) groups is 1. The van der Waals surface area contributed by atoms with Crippen LogP contribution in [0.15, 0.2) is 29.3 Å². The second-order valence-corrected chi connectivity index (χ2v) is 5.63. The maximum absolute atomic E-state index is 12.0. The largest absolute Gasteiger partial charge is 0.382 e. The van der Waals surface area contributed by atoms with Gasteiger partial charge in [0, 0.05) is 53.0 Å². The molecule has 0 aromatic heterocycles. The molecule has 0 fully saturated rings. The first-order valence-corrected chi connectivity index (χ1v) is 8.41. The molecule has 0 aliphatic carbocycles. The van der Waals surface area contributed by atoms with E-state index in [0.717, 1.165) is 56.2 Å². The number of hydrogen-bond donors (Lipinski definition) is 2. The van der Waals surface area contributed by atoms with Gasteiger partial charge in [-0.15, -0.1) is 0 Å². The Balaban J connectivity index is 2.37. The van der Waals surface area contributed by atoms with Gasteiger partial charge in [0.25, 0.3) is 5.91 Å². The lowest BCUT2D eigenvalue weighted by atomic mass is 10.1. The van der Waals surface area contributed by atoms with Gasteiger partial charge in [-0.3, -0.25) is 9.79 Å². The molecule has 0 spiro atoms. The predicted octanol–water partition coefficient (Wildman–Crippen LogP) is 1.52. The third kappa shape index (κ3) is 7.46. The monoisotopic (exact) mass is 334 g/mol. The van der Waals surface area contributed by atoms with Crippen molar-refractivity contribution in [1.82, 2.24) is 15.5 Å². The number of guanidine groups is 1. The van der Waals surface area contributed by atoms with Crippen LogP contribution in [0.4, 0.5) is 0 Å². The van der Waals surface area contributed by atoms with E-state index in [4.69, 9.17) is 4.74 Å². The van der Waals surface area contributed by atoms with Crippen LogP contribution < -0.4 is 10.6 Å². The van der Waals surface area contributed by atoms with Crippen LogP contribution in [0.5, 0.6) is 0 Å². The molecule has 0 saturated carbocycles. The topological polar surface area (TPSA) is 66.0 Å². The van der Waals surface area contributed by atoms with Crippen LogP contribution in [0.2, 0.25) is 0 Å². The van der Waals surface area contributed by atoms with E-state index in [1.165, 1.54) is 0 Å². The Hall–Kier alpha value is -2.08. The molecule has 0 atom stereocenters. The minimum atomic E-state index is 0.0246. The quantitative estimate of drug-likeness (QED) is 0.408. The Morgan fingerprint density at radius 2 is 2.00 bits per heavy atom. The first-order chi connectivity index (χ1) is 11.6. The van der Waals surface area contributed by atoms with Crippen molar-refractivity contribution < 1.29 is 9.53 Å². The number of nitrogens with one attached hydrogen (secondary N) is 2. The second-order valence-electron chi connectivity index (χ2n) is 5.63. The van der Waals surface area contributed by atoms with E-state index >= 15 is 0 Å². The minimum absolute atomic E-state index is 0.0246. The third-order valence-electron chi connectivity index (χ3n) is 3.47. The number of rotatable bonds is 9. The number of carbonyl (C=O) groups excluding carboxylic acids is 1. The third-order valence-corrected chi connectivity index (χ3v) is 3.47. The van der Waals surface area contributed by atoms with Gasteiger partial charge in [-0.1, -0.05) is 12.1 Å². The molecule has 1 aromatic carbocycles. The first kappa shape index (κ1) is 20.0. The average molecular weight is 334 g/mol. The second kappa shape index (κ2) is 11.5. The van der Waals surface area contributed by atoms with Gasteiger partial charge in [0.15, 0.2) is 5.96 Å². The molecule has 1 amide bonds. The summed E-state index contributed by atoms with van der Waals surface area (Å²) in [6, 6.07) is 7.75. The van der Waals surface area contributed by atoms with Gasteiger partial charge in [-0.05, 0) is 37.5 Å². The molecular formula is C18H30N4O2. The number of hydrogen-bond acceptors (Lipinski definition) is 3. The van der Waals surface area contributed by atoms with E-state index in [1.807, 2.05) is 31.2 Å². The van der Waals surface area contributed by atoms with E-state index < -0.39 is 0 Å². The van der Waals surface area contributed by atoms with Crippen molar-refractivity contribution in [1.29, 1.82) is 0 Å². The normalized spacial score (nSPS) is 11.2. The molecule has 6 heteroatoms. The molecule has 0 heterocycles. The Bertz CT molecular complexity index is 530. The fourth-order valence-corrected chi connectivity index (χ4v) is 2.19. The highest BCUT2D eigenvalue weighted by atomic mass is 16.5. The van der Waals surface area contributed by atoms with Crippen LogP contribution >= 0.6 is 0 Å². The summed E-state index contributed by atoms with van der Waals surface area (Å²) < 4.78 is 5.30. The van der Waals surface area contributed by atoms with Crippen molar-refractivity contribution in [3.63, 3.8) is 0 Å². The molecule has 0 saturated heterocycles. The van der Waals surface area contributed by atoms with Gasteiger partial charge >= 0.3 is 0 Å². The summed E-state index contributed by atoms with van der Waals surface area (Å²) in [5, 5.41) is 6.54. The smallest absolute Gasteiger partial charge is 0.253 e. The molecule has 2 N–H and O–H groups in total. The summed E-state index contributed by atoms with van der Waals surface area (Å²) in [5.41, 5.74) is 1.85. The molecule has 134 valence electrons. The zero-order chi connectivity index (χ0) is 17.8. The summed E-state index contributed by atoms with van der Waals surface area (Å²) in [7, 11) is 5.28. The van der Waals surface area contributed by atoms with Crippen LogP contribution in [0.25, 0.3) is 0 Å². The Labute approximate surface area is 145 Å². The van der Waals surface area contributed by atoms with Crippen molar-refractivity contribution >= 4 is 11.9 Å². The van der Waals surface area contributed by atoms with Gasteiger partial charge < -0.3 is 20.3 Å². The summed E-state index contributed by atoms with van der Waals surface area (Å²) in [4.78, 5) is 17.8. The molecule has 24 heavy (non-hydrogen) atoms. The number of nitrogens with zero attached hydrogens (tertiary/aromatic N) is 2. The molecule has 0 aliphatic rings. The minimum Gasteiger partial charge on any atom is -0.382 e. The summed E-state index contributed by atoms with van der Waals surface area (Å²) in [5.74, 6) is 0.809. The molecule has 0 unspecified atom stereocenters. The summed E-state index contributed by atoms with van der Waals surface area (Å²) in [6.45, 7) is 5.09. The van der Waals surface area contributed by atoms with Crippen molar-refractivity contribution in [3.8, 4) is 0 Å². The van der Waals surface area contributed by atoms with Crippen LogP contribution in [0, 0.1) is 0 Å². The van der Waals surface area contributed by atoms with Crippen LogP contribution in [-0.2, 0) is 11.2 Å². The SMILES string of the molecule is CCOCCCNC(=NC)NCCc1cccc(C(=O)N(C)C)c1. The highest BCUT2D eigenvalue weighted by Gasteiger charge is 2.08. The molecule has 1 rings (SSSR count). The Morgan fingerprint density at radius 3 is 2.67 bits per heavy atom. The number of amides is 1. The summed E-state index contributed by atoms with van der Waals surface area (Å²) >= 11 is 0. The number of benzene rings is 1. The van der Waals surface area contributed by atoms with Crippen LogP contribution in [0.3, 0.4) is 0 Å². The number of ether oxygens (including phenoxy) is 1. The molecule has 1 aromatic rings. The fourth-order valence-electron chi connectivity index (χ4n) is 2.19. The molecule has 0 aliphatic heterocycles. The van der Waals surface area contributed by atoms with E-state index in [2.05, 4.69) is 15.6 Å². The zero-order valence-electron chi connectivity index (χ0n) is 15.3. The van der Waals surface area contributed by atoms with Crippen LogP contribution in [0.1, 0.15) is 29.3 Å². The predicted molar refractivity (Wildman–Crippen MR) is 98.6 cm³/mol. The molecule has 6 nitrogen and oxygen atoms in total.